The number of rotatable bonds is 6. The lowest BCUT2D eigenvalue weighted by Crippen LogP contribution is -2.01. The van der Waals surface area contributed by atoms with E-state index in [9.17, 15) is 9.50 Å². The Labute approximate surface area is 151 Å². The highest BCUT2D eigenvalue weighted by molar-refractivity contribution is 7.98. The number of hydrogen-bond acceptors (Lipinski definition) is 3. The summed E-state index contributed by atoms with van der Waals surface area (Å²) in [6.45, 7) is 4.71. The molecule has 0 aliphatic rings. The SMILES string of the molecule is Cc1ccc(C)c(CSc2nc(CO)cn2Cc2ccc(F)cc2)c1. The van der Waals surface area contributed by atoms with Crippen LogP contribution in [0.15, 0.2) is 53.8 Å². The second-order valence-corrected chi connectivity index (χ2v) is 7.09. The van der Waals surface area contributed by atoms with Crippen LogP contribution in [0.5, 0.6) is 0 Å². The lowest BCUT2D eigenvalue weighted by atomic mass is 10.1. The van der Waals surface area contributed by atoms with E-state index in [-0.39, 0.29) is 12.4 Å². The van der Waals surface area contributed by atoms with Crippen molar-refractivity contribution in [1.29, 1.82) is 0 Å². The second kappa shape index (κ2) is 7.85. The second-order valence-electron chi connectivity index (χ2n) is 6.15. The number of nitrogens with zero attached hydrogens (tertiary/aromatic N) is 2. The number of imidazole rings is 1. The molecule has 3 nitrogen and oxygen atoms in total. The summed E-state index contributed by atoms with van der Waals surface area (Å²) < 4.78 is 15.1. The Hall–Kier alpha value is -2.11. The Balaban J connectivity index is 1.79. The van der Waals surface area contributed by atoms with Crippen molar-refractivity contribution < 1.29 is 9.50 Å². The van der Waals surface area contributed by atoms with Crippen molar-refractivity contribution in [2.45, 2.75) is 37.9 Å². The predicted molar refractivity (Wildman–Crippen MR) is 99.1 cm³/mol. The van der Waals surface area contributed by atoms with E-state index in [4.69, 9.17) is 0 Å². The Morgan fingerprint density at radius 1 is 1.12 bits per heavy atom. The summed E-state index contributed by atoms with van der Waals surface area (Å²) in [6.07, 6.45) is 1.86. The summed E-state index contributed by atoms with van der Waals surface area (Å²) in [7, 11) is 0. The molecule has 0 saturated heterocycles. The van der Waals surface area contributed by atoms with Gasteiger partial charge in [-0.2, -0.15) is 0 Å². The van der Waals surface area contributed by atoms with Crippen LogP contribution in [0, 0.1) is 19.7 Å². The van der Waals surface area contributed by atoms with E-state index in [1.165, 1.54) is 28.8 Å². The van der Waals surface area contributed by atoms with Crippen molar-refractivity contribution in [2.24, 2.45) is 0 Å². The number of thioether (sulfide) groups is 1. The zero-order valence-corrected chi connectivity index (χ0v) is 15.2. The molecule has 0 unspecified atom stereocenters. The minimum absolute atomic E-state index is 0.0898. The fourth-order valence-electron chi connectivity index (χ4n) is 2.64. The molecule has 0 atom stereocenters. The van der Waals surface area contributed by atoms with Crippen molar-refractivity contribution >= 4 is 11.8 Å². The molecule has 1 N–H and O–H groups in total. The van der Waals surface area contributed by atoms with Crippen LogP contribution in [0.25, 0.3) is 0 Å². The number of aryl methyl sites for hydroxylation is 2. The van der Waals surface area contributed by atoms with E-state index in [2.05, 4.69) is 37.0 Å². The highest BCUT2D eigenvalue weighted by atomic mass is 32.2. The van der Waals surface area contributed by atoms with Gasteiger partial charge in [0.05, 0.1) is 12.3 Å². The van der Waals surface area contributed by atoms with Gasteiger partial charge in [0.1, 0.15) is 5.82 Å². The van der Waals surface area contributed by atoms with Gasteiger partial charge in [0.15, 0.2) is 5.16 Å². The summed E-state index contributed by atoms with van der Waals surface area (Å²) in [4.78, 5) is 4.51. The molecule has 0 fully saturated rings. The van der Waals surface area contributed by atoms with Gasteiger partial charge in [-0.25, -0.2) is 9.37 Å². The van der Waals surface area contributed by atoms with E-state index in [0.29, 0.717) is 12.2 Å². The van der Waals surface area contributed by atoms with E-state index in [1.807, 2.05) is 10.8 Å². The minimum Gasteiger partial charge on any atom is -0.390 e. The number of benzene rings is 2. The third-order valence-corrected chi connectivity index (χ3v) is 5.12. The van der Waals surface area contributed by atoms with Crippen LogP contribution < -0.4 is 0 Å². The zero-order chi connectivity index (χ0) is 17.8. The molecule has 3 rings (SSSR count). The largest absolute Gasteiger partial charge is 0.390 e. The molecular weight excluding hydrogens is 335 g/mol. The molecule has 3 aromatic rings. The molecule has 0 aliphatic heterocycles. The highest BCUT2D eigenvalue weighted by Gasteiger charge is 2.10. The number of aromatic nitrogens is 2. The molecule has 5 heteroatoms. The predicted octanol–water partition coefficient (Wildman–Crippen LogP) is 4.47. The van der Waals surface area contributed by atoms with E-state index in [0.717, 1.165) is 16.5 Å². The fraction of sp³-hybridized carbons (Fsp3) is 0.250. The molecule has 1 aromatic heterocycles. The van der Waals surface area contributed by atoms with Crippen LogP contribution in [0.2, 0.25) is 0 Å². The van der Waals surface area contributed by atoms with Crippen molar-refractivity contribution in [1.82, 2.24) is 9.55 Å². The van der Waals surface area contributed by atoms with Crippen molar-refractivity contribution in [3.05, 3.63) is 82.4 Å². The van der Waals surface area contributed by atoms with Gasteiger partial charge in [0.25, 0.3) is 0 Å². The number of halogens is 1. The van der Waals surface area contributed by atoms with Crippen LogP contribution >= 0.6 is 11.8 Å². The lowest BCUT2D eigenvalue weighted by Gasteiger charge is -2.09. The number of hydrogen-bond donors (Lipinski definition) is 1. The average Bonchev–Trinajstić information content (AvgIpc) is 3.00. The topological polar surface area (TPSA) is 38.1 Å². The molecule has 2 aromatic carbocycles. The van der Waals surface area contributed by atoms with E-state index >= 15 is 0 Å². The lowest BCUT2D eigenvalue weighted by molar-refractivity contribution is 0.277. The molecule has 0 spiro atoms. The fourth-order valence-corrected chi connectivity index (χ4v) is 3.70. The maximum Gasteiger partial charge on any atom is 0.168 e. The van der Waals surface area contributed by atoms with Crippen molar-refractivity contribution in [3.8, 4) is 0 Å². The Bertz CT molecular complexity index is 859. The molecule has 0 radical (unpaired) electrons. The molecule has 25 heavy (non-hydrogen) atoms. The van der Waals surface area contributed by atoms with E-state index < -0.39 is 0 Å². The number of aliphatic hydroxyl groups is 1. The third-order valence-electron chi connectivity index (χ3n) is 4.08. The van der Waals surface area contributed by atoms with Crippen LogP contribution in [-0.4, -0.2) is 14.7 Å². The van der Waals surface area contributed by atoms with Crippen LogP contribution in [0.4, 0.5) is 4.39 Å². The first-order chi connectivity index (χ1) is 12.0. The Morgan fingerprint density at radius 3 is 2.60 bits per heavy atom. The van der Waals surface area contributed by atoms with Crippen LogP contribution in [-0.2, 0) is 18.9 Å². The van der Waals surface area contributed by atoms with Gasteiger partial charge < -0.3 is 9.67 Å². The quantitative estimate of drug-likeness (QED) is 0.662. The summed E-state index contributed by atoms with van der Waals surface area (Å²) in [5, 5.41) is 10.3. The van der Waals surface area contributed by atoms with Gasteiger partial charge >= 0.3 is 0 Å². The zero-order valence-electron chi connectivity index (χ0n) is 14.4. The summed E-state index contributed by atoms with van der Waals surface area (Å²) in [5.74, 6) is 0.577. The summed E-state index contributed by atoms with van der Waals surface area (Å²) >= 11 is 1.65. The van der Waals surface area contributed by atoms with Crippen LogP contribution in [0.3, 0.4) is 0 Å². The first kappa shape index (κ1) is 17.7. The summed E-state index contributed by atoms with van der Waals surface area (Å²) in [5.41, 5.74) is 5.43. The third kappa shape index (κ3) is 4.50. The highest BCUT2D eigenvalue weighted by Crippen LogP contribution is 2.25. The monoisotopic (exact) mass is 356 g/mol. The molecule has 0 aliphatic carbocycles. The first-order valence-electron chi connectivity index (χ1n) is 8.15. The minimum atomic E-state index is -0.241. The van der Waals surface area contributed by atoms with Crippen molar-refractivity contribution in [3.63, 3.8) is 0 Å². The standard InChI is InChI=1S/C20H21FN2OS/c1-14-3-4-15(2)17(9-14)13-25-20-22-19(12-24)11-23(20)10-16-5-7-18(21)8-6-16/h3-9,11,24H,10,12-13H2,1-2H3. The molecule has 0 bridgehead atoms. The molecule has 0 saturated carbocycles. The molecule has 0 amide bonds. The van der Waals surface area contributed by atoms with Crippen molar-refractivity contribution in [2.75, 3.05) is 0 Å². The van der Waals surface area contributed by atoms with Gasteiger partial charge in [-0.3, -0.25) is 0 Å². The van der Waals surface area contributed by atoms with Gasteiger partial charge in [-0.15, -0.1) is 0 Å². The first-order valence-corrected chi connectivity index (χ1v) is 9.14. The Kier molecular flexibility index (Phi) is 5.56. The average molecular weight is 356 g/mol. The molecular formula is C20H21FN2OS. The van der Waals surface area contributed by atoms with Gasteiger partial charge in [0, 0.05) is 18.5 Å². The maximum absolute atomic E-state index is 13.1. The number of aliphatic hydroxyl groups excluding tert-OH is 1. The summed E-state index contributed by atoms with van der Waals surface area (Å²) in [6, 6.07) is 12.9. The Morgan fingerprint density at radius 2 is 1.88 bits per heavy atom. The van der Waals surface area contributed by atoms with E-state index in [1.54, 1.807) is 23.9 Å². The molecule has 130 valence electrons. The smallest absolute Gasteiger partial charge is 0.168 e. The van der Waals surface area contributed by atoms with Gasteiger partial charge in [-0.1, -0.05) is 47.7 Å². The molecule has 1 heterocycles. The van der Waals surface area contributed by atoms with Crippen LogP contribution in [0.1, 0.15) is 27.9 Å². The normalized spacial score (nSPS) is 11.0. The van der Waals surface area contributed by atoms with Gasteiger partial charge in [0.2, 0.25) is 0 Å². The maximum atomic E-state index is 13.1. The van der Waals surface area contributed by atoms with Gasteiger partial charge in [-0.05, 0) is 42.7 Å².